The Bertz CT molecular complexity index is 5720. The Hall–Kier alpha value is -10.3. The monoisotopic (exact) mass is 2110 g/mol. The molecule has 22 atom stereocenters. The number of amides is 8. The van der Waals surface area contributed by atoms with Gasteiger partial charge in [-0.25, -0.2) is 8.32 Å². The highest BCUT2D eigenvalue weighted by atomic mass is 127. The van der Waals surface area contributed by atoms with Crippen LogP contribution in [0.25, 0.3) is 22.3 Å². The number of fused-ring (bicyclic) bond motifs is 15. The van der Waals surface area contributed by atoms with Gasteiger partial charge in [0.25, 0.3) is 5.91 Å². The molecule has 11 bridgehead atoms. The highest BCUT2D eigenvalue weighted by Crippen LogP contribution is 2.61. The van der Waals surface area contributed by atoms with E-state index in [1.807, 2.05) is 36.4 Å². The van der Waals surface area contributed by atoms with E-state index in [4.69, 9.17) is 94.6 Å². The van der Waals surface area contributed by atoms with E-state index in [1.165, 1.54) is 61.5 Å². The quantitative estimate of drug-likeness (QED) is 0.0129. The van der Waals surface area contributed by atoms with Gasteiger partial charge in [-0.1, -0.05) is 95.5 Å². The summed E-state index contributed by atoms with van der Waals surface area (Å²) in [5.74, 6) is -17.0. The molecule has 8 amide bonds. The SMILES string of the molecule is CC(O)C[C@@H](NI)C(=O)NC[C@H]1C(=O)N[C@@H](CC(N)=O)C(=O)N[C@H]2C(=O)N[C@H]3C(=O)N[C@H](C(=O)NC(C(=O)OCC(=O)NCCCNCCCN)c4cc(O)cc(O)c4-c4cc3ccc4CO)[C@H](O[C@H]3C[C@](C)(N)C4(CC4)[C@H](C)O3)c3ccc(c(Cl)c3)Oc3cc2cc(c3O[C@@H]2O[C@H](CO)[C@@H](O)[C@H](O)[C@H]2O[C@H]2C[C@](C)(NCc3ccc(-c4ccc(Cl)cc4)cc3)[C@@H](O)[C@H](C)O2)Oc2ccc(cc2Cl)[C@H]1O. The molecular weight excluding hydrogens is 2000 g/mol. The average molecular weight is 2120 g/mol. The number of carbonyl (C=O) groups is 9. The van der Waals surface area contributed by atoms with E-state index in [0.717, 1.165) is 41.0 Å². The summed E-state index contributed by atoms with van der Waals surface area (Å²) in [4.78, 5) is 138. The molecule has 2 unspecified atom stereocenters. The Morgan fingerprint density at radius 3 is 1.94 bits per heavy atom. The number of benzene rings is 7. The number of ether oxygens (including phenoxy) is 9. The second-order valence-electron chi connectivity index (χ2n) is 36.6. The predicted molar refractivity (Wildman–Crippen MR) is 512 cm³/mol. The number of halogens is 4. The van der Waals surface area contributed by atoms with Crippen LogP contribution >= 0.6 is 57.7 Å². The molecule has 44 heteroatoms. The van der Waals surface area contributed by atoms with Crippen molar-refractivity contribution in [1.82, 2.24) is 51.4 Å². The maximum atomic E-state index is 16.9. The van der Waals surface area contributed by atoms with E-state index in [2.05, 4.69) is 51.4 Å². The first-order chi connectivity index (χ1) is 66.7. The minimum atomic E-state index is -2.40. The number of primary amides is 1. The van der Waals surface area contributed by atoms with Gasteiger partial charge < -0.3 is 154 Å². The minimum Gasteiger partial charge on any atom is -0.508 e. The minimum absolute atomic E-state index is 0.0808. The summed E-state index contributed by atoms with van der Waals surface area (Å²) in [7, 11) is 0. The van der Waals surface area contributed by atoms with E-state index in [9.17, 15) is 60.3 Å². The van der Waals surface area contributed by atoms with Crippen LogP contribution < -0.4 is 82.8 Å². The second-order valence-corrected chi connectivity index (χ2v) is 38.5. The molecule has 1 spiro atoms. The molecule has 3 saturated heterocycles. The van der Waals surface area contributed by atoms with Crippen LogP contribution in [-0.2, 0) is 84.7 Å². The van der Waals surface area contributed by atoms with E-state index in [-0.39, 0.29) is 76.7 Å². The van der Waals surface area contributed by atoms with Gasteiger partial charge >= 0.3 is 5.97 Å². The number of rotatable bonds is 30. The molecule has 4 fully saturated rings. The molecule has 8 aliphatic heterocycles. The molecular formula is C96H115Cl3IN13O27. The number of aliphatic hydroxyl groups is 7. The highest BCUT2D eigenvalue weighted by Gasteiger charge is 2.63. The van der Waals surface area contributed by atoms with Gasteiger partial charge in [0.15, 0.2) is 42.8 Å². The Morgan fingerprint density at radius 1 is 0.671 bits per heavy atom. The zero-order chi connectivity index (χ0) is 101. The first-order valence-electron chi connectivity index (χ1n) is 45.8. The van der Waals surface area contributed by atoms with Crippen LogP contribution in [0.3, 0.4) is 0 Å². The molecule has 7 aromatic rings. The lowest BCUT2D eigenvalue weighted by molar-refractivity contribution is -0.334. The number of nitrogens with one attached hydrogen (secondary N) is 10. The second kappa shape index (κ2) is 45.5. The third-order valence-corrected chi connectivity index (χ3v) is 28.1. The van der Waals surface area contributed by atoms with Crippen molar-refractivity contribution in [2.75, 3.05) is 45.9 Å². The summed E-state index contributed by atoms with van der Waals surface area (Å²) in [5, 5.41) is 131. The summed E-state index contributed by atoms with van der Waals surface area (Å²) in [5.41, 5.74) is 16.3. The third kappa shape index (κ3) is 24.1. The molecule has 1 saturated carbocycles. The molecule has 9 aliphatic rings. The van der Waals surface area contributed by atoms with Crippen LogP contribution in [-0.4, -0.2) is 242 Å². The number of aromatic hydroxyl groups is 2. The highest BCUT2D eigenvalue weighted by molar-refractivity contribution is 14.1. The van der Waals surface area contributed by atoms with Gasteiger partial charge in [0.1, 0.15) is 71.6 Å². The number of nitrogens with two attached hydrogens (primary N) is 3. The molecule has 40 nitrogen and oxygen atoms in total. The number of carbonyl (C=O) groups excluding carboxylic acids is 9. The Balaban J connectivity index is 0.954. The van der Waals surface area contributed by atoms with Crippen LogP contribution in [0, 0.1) is 11.3 Å². The fourth-order valence-corrected chi connectivity index (χ4v) is 19.6. The predicted octanol–water partition coefficient (Wildman–Crippen LogP) is 4.30. The van der Waals surface area contributed by atoms with E-state index in [0.29, 0.717) is 50.3 Å². The summed E-state index contributed by atoms with van der Waals surface area (Å²) in [6, 6.07) is 17.8. The number of hydrogen-bond acceptors (Lipinski definition) is 32. The number of phenolic OH excluding ortho intramolecular Hbond substituents is 2. The first-order valence-corrected chi connectivity index (χ1v) is 48.0. The van der Waals surface area contributed by atoms with Gasteiger partial charge in [-0.15, -0.1) is 0 Å². The van der Waals surface area contributed by atoms with Gasteiger partial charge in [-0.2, -0.15) is 0 Å². The standard InChI is InChI=1S/C96H115Cl3IN13O27/c1-44(116)28-63(113-100)87(126)106-40-59-79(121)51-16-20-65(60(98)30-51)135-67-32-54-33-68(83(67)140-93-84(81(123)80(122)69(42-115)137-93)139-72-37-94(4,85(124)45(2)133-72)107-39-47-8-10-48(11-9-47)49-14-18-55(97)19-15-49)136-66-21-17-52(31-61(66)99)82(138-73-38-95(5,103)96(22-23-96)46(3)134-73)78-91(130)111-77(92(131)132-43-71(120)105-27-7-26-104-25-6-24-101)58-34-56(117)35-64(118)74(58)57-29-50(12-13-53(57)41-114)75(89(128)112-78)110-90(129)76(54)109-88(127)62(36-70(102)119)108-86(59)125/h8-21,29-35,44-46,59,62-63,69,72-73,75-82,84-85,93,104,107,113-118,121-124H,6-7,22-28,36-43,101,103H2,1-5H3,(H2,102,119)(H,105,120)(H,106,126)(H,108,125)(H,109,127)(H,110,129)(H,111,130)(H,112,128)/t44?,45-,46-,59+,62-,63+,69+,72-,73-,75+,76+,77?,78-,79+,80+,81-,82+,84+,85-,93-,94-,95-/m0/s1. The fraction of sp³-hybridized carbons (Fsp3) is 0.469. The van der Waals surface area contributed by atoms with Crippen molar-refractivity contribution in [2.45, 2.75) is 226 Å². The van der Waals surface area contributed by atoms with Gasteiger partial charge in [-0.05, 0) is 197 Å². The number of aliphatic hydroxyl groups excluding tert-OH is 7. The van der Waals surface area contributed by atoms with E-state index >= 15 is 28.8 Å². The van der Waals surface area contributed by atoms with Crippen molar-refractivity contribution < 1.29 is 132 Å². The van der Waals surface area contributed by atoms with Gasteiger partial charge in [-0.3, -0.25) is 38.4 Å². The lowest BCUT2D eigenvalue weighted by Gasteiger charge is -2.48. The normalized spacial score (nSPS) is 28.1. The lowest BCUT2D eigenvalue weighted by Crippen LogP contribution is -2.65. The molecule has 7 aromatic carbocycles. The van der Waals surface area contributed by atoms with Crippen molar-refractivity contribution in [2.24, 2.45) is 28.5 Å². The topological polar surface area (TPSA) is 617 Å². The largest absolute Gasteiger partial charge is 0.508 e. The maximum Gasteiger partial charge on any atom is 0.333 e. The summed E-state index contributed by atoms with van der Waals surface area (Å²) >= 11 is 22.8. The van der Waals surface area contributed by atoms with E-state index in [1.54, 1.807) is 62.7 Å². The molecule has 16 rings (SSSR count). The van der Waals surface area contributed by atoms with Crippen LogP contribution in [0.4, 0.5) is 0 Å². The Morgan fingerprint density at radius 2 is 1.31 bits per heavy atom. The number of esters is 1. The van der Waals surface area contributed by atoms with E-state index < -0.39 is 275 Å². The zero-order valence-electron chi connectivity index (χ0n) is 76.8. The Kier molecular flexibility index (Phi) is 34.3. The molecule has 8 heterocycles. The third-order valence-electron chi connectivity index (χ3n) is 26.5. The number of phenols is 2. The van der Waals surface area contributed by atoms with Crippen molar-refractivity contribution in [3.63, 3.8) is 0 Å². The summed E-state index contributed by atoms with van der Waals surface area (Å²) in [6.45, 7) is 6.54. The zero-order valence-corrected chi connectivity index (χ0v) is 81.2. The molecule has 25 N–H and O–H groups in total. The van der Waals surface area contributed by atoms with Crippen LogP contribution in [0.2, 0.25) is 15.1 Å². The molecule has 0 aromatic heterocycles. The van der Waals surface area contributed by atoms with Crippen molar-refractivity contribution in [3.05, 3.63) is 181 Å². The smallest absolute Gasteiger partial charge is 0.333 e. The van der Waals surface area contributed by atoms with Crippen LogP contribution in [0.5, 0.6) is 40.2 Å². The number of hydrogen-bond donors (Lipinski definition) is 22. The van der Waals surface area contributed by atoms with Crippen molar-refractivity contribution in [1.29, 1.82) is 0 Å². The Labute approximate surface area is 833 Å². The average Bonchev–Trinajstić information content (AvgIpc) is 1.56. The van der Waals surface area contributed by atoms with Gasteiger partial charge in [0, 0.05) is 94.0 Å². The molecule has 0 radical (unpaired) electrons. The summed E-state index contributed by atoms with van der Waals surface area (Å²) in [6.07, 6.45) is -19.6. The van der Waals surface area contributed by atoms with Gasteiger partial charge in [0.2, 0.25) is 53.4 Å². The molecule has 1 aliphatic carbocycles. The van der Waals surface area contributed by atoms with Crippen LogP contribution in [0.15, 0.2) is 127 Å². The lowest BCUT2D eigenvalue weighted by atomic mass is 9.75. The van der Waals surface area contributed by atoms with Crippen molar-refractivity contribution >= 4 is 111 Å². The fourth-order valence-electron chi connectivity index (χ4n) is 18.5. The van der Waals surface area contributed by atoms with Crippen LogP contribution in [0.1, 0.15) is 155 Å². The van der Waals surface area contributed by atoms with Gasteiger partial charge in [0.05, 0.1) is 72.2 Å². The molecule has 754 valence electrons. The van der Waals surface area contributed by atoms with Crippen molar-refractivity contribution in [3.8, 4) is 62.5 Å². The maximum absolute atomic E-state index is 16.9. The summed E-state index contributed by atoms with van der Waals surface area (Å²) < 4.78 is 62.6. The first kappa shape index (κ1) is 105. The molecule has 140 heavy (non-hydrogen) atoms.